The average molecular weight is 315 g/mol. The summed E-state index contributed by atoms with van der Waals surface area (Å²) >= 11 is 3.19. The molecule has 0 spiro atoms. The Morgan fingerprint density at radius 1 is 1.44 bits per heavy atom. The Morgan fingerprint density at radius 2 is 2.06 bits per heavy atom. The van der Waals surface area contributed by atoms with E-state index in [2.05, 4.69) is 15.9 Å². The first-order valence-corrected chi connectivity index (χ1v) is 7.02. The molecule has 1 fully saturated rings. The highest BCUT2D eigenvalue weighted by atomic mass is 79.9. The van der Waals surface area contributed by atoms with Crippen LogP contribution in [0.4, 0.5) is 4.39 Å². The fraction of sp³-hybridized carbons (Fsp3) is 0.500. The van der Waals surface area contributed by atoms with E-state index in [1.807, 2.05) is 6.92 Å². The molecule has 1 aliphatic rings. The van der Waals surface area contributed by atoms with Gasteiger partial charge in [-0.2, -0.15) is 0 Å². The molecule has 1 aliphatic carbocycles. The molecule has 98 valence electrons. The topological polar surface area (TPSA) is 37.3 Å². The third-order valence-corrected chi connectivity index (χ3v) is 4.48. The summed E-state index contributed by atoms with van der Waals surface area (Å²) in [5, 5.41) is 9.53. The Kier molecular flexibility index (Phi) is 3.76. The maximum absolute atomic E-state index is 13.8. The molecule has 0 unspecified atom stereocenters. The van der Waals surface area contributed by atoms with Crippen molar-refractivity contribution >= 4 is 21.9 Å². The van der Waals surface area contributed by atoms with Crippen molar-refractivity contribution in [2.45, 2.75) is 44.4 Å². The number of carbonyl (C=O) groups is 1. The molecule has 0 heterocycles. The van der Waals surface area contributed by atoms with Gasteiger partial charge in [0.1, 0.15) is 5.82 Å². The lowest BCUT2D eigenvalue weighted by Gasteiger charge is -2.25. The first-order valence-electron chi connectivity index (χ1n) is 6.23. The fourth-order valence-electron chi connectivity index (χ4n) is 2.78. The summed E-state index contributed by atoms with van der Waals surface area (Å²) in [6, 6.07) is 3.35. The summed E-state index contributed by atoms with van der Waals surface area (Å²) in [5.74, 6) is -1.07. The number of hydrogen-bond acceptors (Lipinski definition) is 1. The minimum Gasteiger partial charge on any atom is -0.481 e. The maximum Gasteiger partial charge on any atom is 0.314 e. The van der Waals surface area contributed by atoms with E-state index in [1.54, 1.807) is 12.1 Å². The molecule has 1 saturated carbocycles. The SMILES string of the molecule is CCc1cc(C2(C(=O)O)CCCC2)cc(Br)c1F. The molecule has 0 atom stereocenters. The Bertz CT molecular complexity index is 479. The van der Waals surface area contributed by atoms with Gasteiger partial charge in [0.15, 0.2) is 0 Å². The van der Waals surface area contributed by atoms with Crippen molar-refractivity contribution in [2.75, 3.05) is 0 Å². The van der Waals surface area contributed by atoms with E-state index < -0.39 is 11.4 Å². The van der Waals surface area contributed by atoms with Gasteiger partial charge in [0.25, 0.3) is 0 Å². The molecule has 0 aliphatic heterocycles. The van der Waals surface area contributed by atoms with E-state index in [0.717, 1.165) is 18.4 Å². The minimum absolute atomic E-state index is 0.278. The van der Waals surface area contributed by atoms with Gasteiger partial charge in [-0.3, -0.25) is 4.79 Å². The molecular weight excluding hydrogens is 299 g/mol. The number of benzene rings is 1. The highest BCUT2D eigenvalue weighted by molar-refractivity contribution is 9.10. The zero-order valence-electron chi connectivity index (χ0n) is 10.3. The van der Waals surface area contributed by atoms with Crippen molar-refractivity contribution in [3.8, 4) is 0 Å². The first kappa shape index (κ1) is 13.5. The predicted molar refractivity (Wildman–Crippen MR) is 71.3 cm³/mol. The van der Waals surface area contributed by atoms with Crippen LogP contribution in [0.1, 0.15) is 43.7 Å². The van der Waals surface area contributed by atoms with E-state index in [1.165, 1.54) is 0 Å². The third kappa shape index (κ3) is 2.07. The summed E-state index contributed by atoms with van der Waals surface area (Å²) in [4.78, 5) is 11.6. The van der Waals surface area contributed by atoms with Gasteiger partial charge in [0, 0.05) is 0 Å². The van der Waals surface area contributed by atoms with Crippen molar-refractivity contribution < 1.29 is 14.3 Å². The Balaban J connectivity index is 2.56. The van der Waals surface area contributed by atoms with Crippen LogP contribution < -0.4 is 0 Å². The monoisotopic (exact) mass is 314 g/mol. The summed E-state index contributed by atoms with van der Waals surface area (Å²) in [6.45, 7) is 1.87. The lowest BCUT2D eigenvalue weighted by Crippen LogP contribution is -2.32. The van der Waals surface area contributed by atoms with Crippen LogP contribution in [-0.2, 0) is 16.6 Å². The minimum atomic E-state index is -0.819. The highest BCUT2D eigenvalue weighted by Crippen LogP contribution is 2.43. The number of aliphatic carboxylic acids is 1. The standard InChI is InChI=1S/C14H16BrFO2/c1-2-9-7-10(8-11(15)12(9)16)14(13(17)18)5-3-4-6-14/h7-8H,2-6H2,1H3,(H,17,18). The lowest BCUT2D eigenvalue weighted by atomic mass is 9.78. The van der Waals surface area contributed by atoms with Crippen molar-refractivity contribution in [3.05, 3.63) is 33.5 Å². The van der Waals surface area contributed by atoms with E-state index in [-0.39, 0.29) is 5.82 Å². The summed E-state index contributed by atoms with van der Waals surface area (Å²) < 4.78 is 14.2. The van der Waals surface area contributed by atoms with Crippen LogP contribution in [0.25, 0.3) is 0 Å². The summed E-state index contributed by atoms with van der Waals surface area (Å²) in [5.41, 5.74) is 0.490. The van der Waals surface area contributed by atoms with E-state index >= 15 is 0 Å². The second kappa shape index (κ2) is 5.00. The number of carboxylic acids is 1. The Morgan fingerprint density at radius 3 is 2.56 bits per heavy atom. The number of hydrogen-bond donors (Lipinski definition) is 1. The number of carboxylic acid groups (broad SMARTS) is 1. The molecule has 1 N–H and O–H groups in total. The molecule has 2 nitrogen and oxygen atoms in total. The quantitative estimate of drug-likeness (QED) is 0.914. The van der Waals surface area contributed by atoms with Crippen LogP contribution >= 0.6 is 15.9 Å². The van der Waals surface area contributed by atoms with Gasteiger partial charge in [-0.1, -0.05) is 25.8 Å². The zero-order chi connectivity index (χ0) is 13.3. The van der Waals surface area contributed by atoms with Crippen LogP contribution in [0.5, 0.6) is 0 Å². The van der Waals surface area contributed by atoms with Gasteiger partial charge in [-0.25, -0.2) is 4.39 Å². The molecule has 0 saturated heterocycles. The van der Waals surface area contributed by atoms with E-state index in [0.29, 0.717) is 29.3 Å². The lowest BCUT2D eigenvalue weighted by molar-refractivity contribution is -0.143. The van der Waals surface area contributed by atoms with Crippen molar-refractivity contribution in [1.29, 1.82) is 0 Å². The largest absolute Gasteiger partial charge is 0.481 e. The maximum atomic E-state index is 13.8. The van der Waals surface area contributed by atoms with Crippen molar-refractivity contribution in [3.63, 3.8) is 0 Å². The Labute approximate surface area is 114 Å². The van der Waals surface area contributed by atoms with Crippen molar-refractivity contribution in [1.82, 2.24) is 0 Å². The van der Waals surface area contributed by atoms with Crippen LogP contribution in [0.15, 0.2) is 16.6 Å². The van der Waals surface area contributed by atoms with Crippen LogP contribution in [0, 0.1) is 5.82 Å². The predicted octanol–water partition coefficient (Wildman–Crippen LogP) is 4.05. The summed E-state index contributed by atoms with van der Waals surface area (Å²) in [6.07, 6.45) is 3.69. The van der Waals surface area contributed by atoms with Crippen LogP contribution in [-0.4, -0.2) is 11.1 Å². The second-order valence-electron chi connectivity index (χ2n) is 4.88. The van der Waals surface area contributed by atoms with Gasteiger partial charge in [-0.15, -0.1) is 0 Å². The molecular formula is C14H16BrFO2. The third-order valence-electron chi connectivity index (χ3n) is 3.90. The summed E-state index contributed by atoms with van der Waals surface area (Å²) in [7, 11) is 0. The van der Waals surface area contributed by atoms with Gasteiger partial charge >= 0.3 is 5.97 Å². The number of halogens is 2. The number of rotatable bonds is 3. The second-order valence-corrected chi connectivity index (χ2v) is 5.73. The van der Waals surface area contributed by atoms with E-state index in [9.17, 15) is 14.3 Å². The molecule has 0 amide bonds. The van der Waals surface area contributed by atoms with E-state index in [4.69, 9.17) is 0 Å². The van der Waals surface area contributed by atoms with Crippen LogP contribution in [0.2, 0.25) is 0 Å². The molecule has 0 radical (unpaired) electrons. The number of aryl methyl sites for hydroxylation is 1. The molecule has 4 heteroatoms. The molecule has 18 heavy (non-hydrogen) atoms. The molecule has 2 rings (SSSR count). The molecule has 0 aromatic heterocycles. The van der Waals surface area contributed by atoms with Crippen molar-refractivity contribution in [2.24, 2.45) is 0 Å². The molecule has 1 aromatic carbocycles. The smallest absolute Gasteiger partial charge is 0.314 e. The highest BCUT2D eigenvalue weighted by Gasteiger charge is 2.43. The molecule has 0 bridgehead atoms. The first-order chi connectivity index (χ1) is 8.51. The van der Waals surface area contributed by atoms with Gasteiger partial charge in [-0.05, 0) is 52.4 Å². The average Bonchev–Trinajstić information content (AvgIpc) is 2.83. The fourth-order valence-corrected chi connectivity index (χ4v) is 3.29. The van der Waals surface area contributed by atoms with Gasteiger partial charge in [0.05, 0.1) is 9.89 Å². The van der Waals surface area contributed by atoms with Gasteiger partial charge < -0.3 is 5.11 Å². The van der Waals surface area contributed by atoms with Gasteiger partial charge in [0.2, 0.25) is 0 Å². The molecule has 1 aromatic rings. The zero-order valence-corrected chi connectivity index (χ0v) is 11.9. The normalized spacial score (nSPS) is 17.9. The Hall–Kier alpha value is -0.900. The van der Waals surface area contributed by atoms with Crippen LogP contribution in [0.3, 0.4) is 0 Å².